The minimum Gasteiger partial charge on any atom is -0.493 e. The van der Waals surface area contributed by atoms with E-state index in [0.717, 1.165) is 18.4 Å². The van der Waals surface area contributed by atoms with E-state index in [9.17, 15) is 8.42 Å². The first-order chi connectivity index (χ1) is 11.9. The van der Waals surface area contributed by atoms with Crippen molar-refractivity contribution in [1.29, 1.82) is 0 Å². The second-order valence-corrected chi connectivity index (χ2v) is 8.25. The van der Waals surface area contributed by atoms with Gasteiger partial charge < -0.3 is 9.47 Å². The standard InChI is InChI=1S/C18H20ClNO4S/c1-23-15-8-7-13(11-16(15)24-2)18(9-10-18)12-20-25(21,22)17-6-4-3-5-14(17)19/h3-8,11,20H,9-10,12H2,1-2H3. The maximum atomic E-state index is 12.5. The molecule has 134 valence electrons. The lowest BCUT2D eigenvalue weighted by molar-refractivity contribution is 0.354. The third kappa shape index (κ3) is 3.61. The molecule has 0 radical (unpaired) electrons. The molecule has 1 fully saturated rings. The van der Waals surface area contributed by atoms with Crippen LogP contribution in [-0.2, 0) is 15.4 Å². The summed E-state index contributed by atoms with van der Waals surface area (Å²) in [6, 6.07) is 12.1. The number of benzene rings is 2. The molecule has 3 rings (SSSR count). The quantitative estimate of drug-likeness (QED) is 0.798. The van der Waals surface area contributed by atoms with E-state index in [1.54, 1.807) is 32.4 Å². The van der Waals surface area contributed by atoms with Gasteiger partial charge in [-0.25, -0.2) is 13.1 Å². The SMILES string of the molecule is COc1ccc(C2(CNS(=O)(=O)c3ccccc3Cl)CC2)cc1OC. The van der Waals surface area contributed by atoms with Crippen molar-refractivity contribution in [3.8, 4) is 11.5 Å². The van der Waals surface area contributed by atoms with Crippen LogP contribution in [0.25, 0.3) is 0 Å². The van der Waals surface area contributed by atoms with Crippen molar-refractivity contribution >= 4 is 21.6 Å². The molecule has 25 heavy (non-hydrogen) atoms. The van der Waals surface area contributed by atoms with Crippen LogP contribution in [0.5, 0.6) is 11.5 Å². The van der Waals surface area contributed by atoms with E-state index in [4.69, 9.17) is 21.1 Å². The van der Waals surface area contributed by atoms with E-state index in [1.165, 1.54) is 6.07 Å². The molecule has 1 N–H and O–H groups in total. The average molecular weight is 382 g/mol. The maximum absolute atomic E-state index is 12.5. The predicted molar refractivity (Wildman–Crippen MR) is 97.1 cm³/mol. The zero-order valence-electron chi connectivity index (χ0n) is 14.1. The molecule has 0 bridgehead atoms. The minimum atomic E-state index is -3.66. The van der Waals surface area contributed by atoms with Crippen LogP contribution in [0.15, 0.2) is 47.4 Å². The topological polar surface area (TPSA) is 64.6 Å². The van der Waals surface area contributed by atoms with Gasteiger partial charge >= 0.3 is 0 Å². The van der Waals surface area contributed by atoms with Gasteiger partial charge in [-0.2, -0.15) is 0 Å². The summed E-state index contributed by atoms with van der Waals surface area (Å²) in [5, 5.41) is 0.214. The highest BCUT2D eigenvalue weighted by Gasteiger charge is 2.45. The van der Waals surface area contributed by atoms with Crippen molar-refractivity contribution in [2.45, 2.75) is 23.2 Å². The Balaban J connectivity index is 1.80. The van der Waals surface area contributed by atoms with Crippen LogP contribution in [0.3, 0.4) is 0 Å². The summed E-state index contributed by atoms with van der Waals surface area (Å²) in [5.74, 6) is 1.29. The summed E-state index contributed by atoms with van der Waals surface area (Å²) in [7, 11) is -0.488. The lowest BCUT2D eigenvalue weighted by atomic mass is 9.96. The Hall–Kier alpha value is -1.76. The van der Waals surface area contributed by atoms with Gasteiger partial charge in [0.05, 0.1) is 19.2 Å². The van der Waals surface area contributed by atoms with Gasteiger partial charge in [0.25, 0.3) is 0 Å². The lowest BCUT2D eigenvalue weighted by Gasteiger charge is -2.19. The van der Waals surface area contributed by atoms with Crippen LogP contribution in [0, 0.1) is 0 Å². The van der Waals surface area contributed by atoms with Crippen molar-refractivity contribution in [2.24, 2.45) is 0 Å². The third-order valence-corrected chi connectivity index (χ3v) is 6.48. The van der Waals surface area contributed by atoms with E-state index in [-0.39, 0.29) is 15.3 Å². The normalized spacial score (nSPS) is 15.6. The summed E-state index contributed by atoms with van der Waals surface area (Å²) < 4.78 is 38.4. The Morgan fingerprint density at radius 2 is 1.76 bits per heavy atom. The van der Waals surface area contributed by atoms with Crippen LogP contribution in [0.2, 0.25) is 5.02 Å². The third-order valence-electron chi connectivity index (χ3n) is 4.58. The second-order valence-electron chi connectivity index (χ2n) is 6.11. The first-order valence-electron chi connectivity index (χ1n) is 7.88. The van der Waals surface area contributed by atoms with Crippen molar-refractivity contribution in [3.63, 3.8) is 0 Å². The molecule has 2 aromatic carbocycles. The molecule has 1 saturated carbocycles. The Morgan fingerprint density at radius 3 is 2.36 bits per heavy atom. The average Bonchev–Trinajstić information content (AvgIpc) is 3.41. The number of hydrogen-bond acceptors (Lipinski definition) is 4. The molecule has 7 heteroatoms. The van der Waals surface area contributed by atoms with Gasteiger partial charge in [0.2, 0.25) is 10.0 Å². The molecule has 0 aliphatic heterocycles. The number of rotatable bonds is 7. The Labute approximate surface area is 153 Å². The van der Waals surface area contributed by atoms with Crippen LogP contribution in [0.1, 0.15) is 18.4 Å². The number of methoxy groups -OCH3 is 2. The van der Waals surface area contributed by atoms with E-state index in [1.807, 2.05) is 18.2 Å². The fourth-order valence-electron chi connectivity index (χ4n) is 2.86. The maximum Gasteiger partial charge on any atom is 0.242 e. The zero-order valence-corrected chi connectivity index (χ0v) is 15.7. The van der Waals surface area contributed by atoms with Gasteiger partial charge in [0.1, 0.15) is 4.90 Å². The fourth-order valence-corrected chi connectivity index (χ4v) is 4.50. The van der Waals surface area contributed by atoms with Crippen LogP contribution in [-0.4, -0.2) is 29.2 Å². The van der Waals surface area contributed by atoms with E-state index < -0.39 is 10.0 Å². The number of nitrogens with one attached hydrogen (secondary N) is 1. The molecular weight excluding hydrogens is 362 g/mol. The molecule has 1 aliphatic carbocycles. The summed E-state index contributed by atoms with van der Waals surface area (Å²) in [6.45, 7) is 0.316. The Kier molecular flexibility index (Phi) is 4.95. The fraction of sp³-hybridized carbons (Fsp3) is 0.333. The number of ether oxygens (including phenoxy) is 2. The smallest absolute Gasteiger partial charge is 0.242 e. The molecule has 0 heterocycles. The first-order valence-corrected chi connectivity index (χ1v) is 9.75. The number of hydrogen-bond donors (Lipinski definition) is 1. The van der Waals surface area contributed by atoms with Crippen LogP contribution in [0.4, 0.5) is 0 Å². The summed E-state index contributed by atoms with van der Waals surface area (Å²) in [4.78, 5) is 0.0970. The highest BCUT2D eigenvalue weighted by molar-refractivity contribution is 7.89. The Morgan fingerprint density at radius 1 is 1.08 bits per heavy atom. The molecule has 1 aliphatic rings. The molecule has 5 nitrogen and oxygen atoms in total. The molecule has 0 unspecified atom stereocenters. The number of sulfonamides is 1. The van der Waals surface area contributed by atoms with E-state index in [2.05, 4.69) is 4.72 Å². The highest BCUT2D eigenvalue weighted by atomic mass is 35.5. The molecule has 2 aromatic rings. The van der Waals surface area contributed by atoms with Gasteiger partial charge in [-0.1, -0.05) is 29.8 Å². The summed E-state index contributed by atoms with van der Waals surface area (Å²) >= 11 is 6.01. The van der Waals surface area contributed by atoms with Gasteiger partial charge in [0.15, 0.2) is 11.5 Å². The number of halogens is 1. The predicted octanol–water partition coefficient (Wildman–Crippen LogP) is 3.37. The van der Waals surface area contributed by atoms with Crippen molar-refractivity contribution in [1.82, 2.24) is 4.72 Å². The molecular formula is C18H20ClNO4S. The monoisotopic (exact) mass is 381 g/mol. The summed E-state index contributed by atoms with van der Waals surface area (Å²) in [5.41, 5.74) is 0.820. The lowest BCUT2D eigenvalue weighted by Crippen LogP contribution is -2.32. The minimum absolute atomic E-state index is 0.0970. The van der Waals surface area contributed by atoms with Crippen LogP contribution < -0.4 is 14.2 Å². The van der Waals surface area contributed by atoms with Gasteiger partial charge in [-0.05, 0) is 42.7 Å². The van der Waals surface area contributed by atoms with E-state index in [0.29, 0.717) is 18.0 Å². The molecule has 0 aromatic heterocycles. The molecule has 0 amide bonds. The van der Waals surface area contributed by atoms with Crippen molar-refractivity contribution in [2.75, 3.05) is 20.8 Å². The second kappa shape index (κ2) is 6.86. The van der Waals surface area contributed by atoms with Crippen LogP contribution >= 0.6 is 11.6 Å². The Bertz CT molecular complexity index is 878. The highest BCUT2D eigenvalue weighted by Crippen LogP contribution is 2.49. The summed E-state index contributed by atoms with van der Waals surface area (Å²) in [6.07, 6.45) is 1.82. The van der Waals surface area contributed by atoms with Gasteiger partial charge in [-0.15, -0.1) is 0 Å². The largest absolute Gasteiger partial charge is 0.493 e. The van der Waals surface area contributed by atoms with Gasteiger partial charge in [-0.3, -0.25) is 0 Å². The van der Waals surface area contributed by atoms with Crippen molar-refractivity contribution in [3.05, 3.63) is 53.1 Å². The molecule has 0 atom stereocenters. The first kappa shape index (κ1) is 18.0. The van der Waals surface area contributed by atoms with Crippen molar-refractivity contribution < 1.29 is 17.9 Å². The molecule has 0 spiro atoms. The molecule has 0 saturated heterocycles. The van der Waals surface area contributed by atoms with E-state index >= 15 is 0 Å². The zero-order chi connectivity index (χ0) is 18.1. The van der Waals surface area contributed by atoms with Gasteiger partial charge in [0, 0.05) is 12.0 Å².